The van der Waals surface area contributed by atoms with Crippen LogP contribution in [-0.4, -0.2) is 78.2 Å². The van der Waals surface area contributed by atoms with Gasteiger partial charge < -0.3 is 34.2 Å². The van der Waals surface area contributed by atoms with Crippen LogP contribution in [0, 0.1) is 0 Å². The molecule has 192 valence electrons. The molecule has 2 aliphatic rings. The number of ether oxygens (including phenoxy) is 3. The van der Waals surface area contributed by atoms with Gasteiger partial charge in [0.25, 0.3) is 11.7 Å². The summed E-state index contributed by atoms with van der Waals surface area (Å²) in [6.45, 7) is 7.82. The molecule has 9 nitrogen and oxygen atoms in total. The Bertz CT molecular complexity index is 1170. The summed E-state index contributed by atoms with van der Waals surface area (Å²) in [4.78, 5) is 30.2. The molecule has 1 saturated heterocycles. The van der Waals surface area contributed by atoms with E-state index in [9.17, 15) is 19.8 Å². The van der Waals surface area contributed by atoms with Gasteiger partial charge >= 0.3 is 0 Å². The average Bonchev–Trinajstić information content (AvgIpc) is 3.15. The number of likely N-dealkylation sites (tertiary alicyclic amines) is 1. The highest BCUT2D eigenvalue weighted by Crippen LogP contribution is 2.43. The first-order chi connectivity index (χ1) is 17.4. The van der Waals surface area contributed by atoms with Crippen molar-refractivity contribution in [1.29, 1.82) is 0 Å². The first kappa shape index (κ1) is 25.4. The minimum Gasteiger partial charge on any atom is -0.507 e. The summed E-state index contributed by atoms with van der Waals surface area (Å²) in [5.74, 6) is -0.579. The Morgan fingerprint density at radius 2 is 1.81 bits per heavy atom. The van der Waals surface area contributed by atoms with E-state index >= 15 is 0 Å². The number of aliphatic hydroxyl groups is 1. The van der Waals surface area contributed by atoms with Gasteiger partial charge in [0.2, 0.25) is 0 Å². The maximum absolute atomic E-state index is 13.3. The number of carbonyl (C=O) groups is 2. The first-order valence-electron chi connectivity index (χ1n) is 12.2. The number of amides is 1. The number of phenolic OH excluding ortho intramolecular Hbond substituents is 1. The Morgan fingerprint density at radius 1 is 1.08 bits per heavy atom. The second-order valence-corrected chi connectivity index (χ2v) is 8.66. The third kappa shape index (κ3) is 4.83. The van der Waals surface area contributed by atoms with E-state index in [1.54, 1.807) is 30.3 Å². The Morgan fingerprint density at radius 3 is 2.50 bits per heavy atom. The number of methoxy groups -OCH3 is 1. The van der Waals surface area contributed by atoms with Crippen LogP contribution >= 0.6 is 0 Å². The van der Waals surface area contributed by atoms with E-state index in [1.807, 2.05) is 0 Å². The molecule has 0 aliphatic carbocycles. The average molecular weight is 497 g/mol. The molecule has 1 fully saturated rings. The Labute approximate surface area is 210 Å². The molecule has 1 atom stereocenters. The second kappa shape index (κ2) is 10.9. The number of Topliss-reactive ketones (excluding diaryl/α,β-unsaturated/α-hetero) is 1. The second-order valence-electron chi connectivity index (χ2n) is 8.66. The van der Waals surface area contributed by atoms with Gasteiger partial charge in [0.05, 0.1) is 18.7 Å². The van der Waals surface area contributed by atoms with Crippen LogP contribution in [0.2, 0.25) is 0 Å². The molecule has 2 aromatic carbocycles. The van der Waals surface area contributed by atoms with E-state index in [1.165, 1.54) is 18.1 Å². The van der Waals surface area contributed by atoms with Crippen LogP contribution in [0.15, 0.2) is 42.0 Å². The molecule has 0 saturated carbocycles. The number of hydrogen-bond donors (Lipinski definition) is 2. The molecule has 2 N–H and O–H groups in total. The van der Waals surface area contributed by atoms with Crippen molar-refractivity contribution < 1.29 is 34.0 Å². The predicted octanol–water partition coefficient (Wildman–Crippen LogP) is 3.33. The lowest BCUT2D eigenvalue weighted by Gasteiger charge is -2.27. The maximum Gasteiger partial charge on any atom is 0.295 e. The van der Waals surface area contributed by atoms with Crippen LogP contribution in [0.25, 0.3) is 5.76 Å². The van der Waals surface area contributed by atoms with Gasteiger partial charge in [-0.3, -0.25) is 9.59 Å². The number of nitrogens with zero attached hydrogens (tertiary/aromatic N) is 2. The van der Waals surface area contributed by atoms with Crippen molar-refractivity contribution in [3.63, 3.8) is 0 Å². The summed E-state index contributed by atoms with van der Waals surface area (Å²) < 4.78 is 16.4. The highest BCUT2D eigenvalue weighted by Gasteiger charge is 2.46. The summed E-state index contributed by atoms with van der Waals surface area (Å²) >= 11 is 0. The molecule has 0 bridgehead atoms. The van der Waals surface area contributed by atoms with Crippen molar-refractivity contribution in [3.8, 4) is 23.0 Å². The van der Waals surface area contributed by atoms with Gasteiger partial charge in [0.1, 0.15) is 19.0 Å². The highest BCUT2D eigenvalue weighted by molar-refractivity contribution is 6.46. The summed E-state index contributed by atoms with van der Waals surface area (Å²) in [5.41, 5.74) is 0.870. The topological polar surface area (TPSA) is 109 Å². The highest BCUT2D eigenvalue weighted by atomic mass is 16.6. The molecule has 0 radical (unpaired) electrons. The number of fused-ring (bicyclic) bond motifs is 1. The van der Waals surface area contributed by atoms with Crippen LogP contribution in [0.5, 0.6) is 23.0 Å². The molecule has 0 unspecified atom stereocenters. The molecule has 4 rings (SSSR count). The zero-order chi connectivity index (χ0) is 25.8. The maximum atomic E-state index is 13.3. The first-order valence-corrected chi connectivity index (χ1v) is 12.2. The Hall–Kier alpha value is -3.72. The van der Waals surface area contributed by atoms with Crippen LogP contribution in [0.1, 0.15) is 37.4 Å². The predicted molar refractivity (Wildman–Crippen MR) is 134 cm³/mol. The number of aliphatic hydroxyl groups excluding tert-OH is 1. The van der Waals surface area contributed by atoms with E-state index < -0.39 is 17.7 Å². The van der Waals surface area contributed by atoms with E-state index in [-0.39, 0.29) is 22.8 Å². The van der Waals surface area contributed by atoms with Crippen molar-refractivity contribution in [2.45, 2.75) is 26.3 Å². The molecule has 2 heterocycles. The van der Waals surface area contributed by atoms with Crippen LogP contribution in [0.3, 0.4) is 0 Å². The molecule has 2 aliphatic heterocycles. The normalized spacial score (nSPS) is 18.7. The summed E-state index contributed by atoms with van der Waals surface area (Å²) in [6.07, 6.45) is 0.657. The fourth-order valence-electron chi connectivity index (χ4n) is 4.67. The van der Waals surface area contributed by atoms with Gasteiger partial charge in [-0.25, -0.2) is 0 Å². The molecule has 0 aromatic heterocycles. The van der Waals surface area contributed by atoms with Gasteiger partial charge in [-0.1, -0.05) is 19.9 Å². The lowest BCUT2D eigenvalue weighted by atomic mass is 9.94. The SMILES string of the molecule is CCN(CC)CCCN1C(=O)C(=O)/C(=C(/O)c2ccc3c(c2)OCCO3)[C@@H]1c1ccc(O)c(OC)c1. The van der Waals surface area contributed by atoms with E-state index in [4.69, 9.17) is 14.2 Å². The lowest BCUT2D eigenvalue weighted by Crippen LogP contribution is -2.33. The Balaban J connectivity index is 1.77. The Kier molecular flexibility index (Phi) is 7.69. The van der Waals surface area contributed by atoms with E-state index in [0.717, 1.165) is 19.6 Å². The van der Waals surface area contributed by atoms with Crippen molar-refractivity contribution in [1.82, 2.24) is 9.80 Å². The number of aromatic hydroxyl groups is 1. The fraction of sp³-hybridized carbons (Fsp3) is 0.407. The zero-order valence-corrected chi connectivity index (χ0v) is 20.8. The quantitative estimate of drug-likeness (QED) is 0.309. The minimum absolute atomic E-state index is 0.0211. The standard InChI is InChI=1S/C27H32N2O7/c1-4-28(5-2)11-6-12-29-24(17-7-9-19(30)21(15-17)34-3)23(26(32)27(29)33)25(31)18-8-10-20-22(16-18)36-14-13-35-20/h7-10,15-16,24,30-31H,4-6,11-14H2,1-3H3/b25-23+/t24-/m0/s1. The van der Waals surface area contributed by atoms with Gasteiger partial charge in [0, 0.05) is 12.1 Å². The van der Waals surface area contributed by atoms with E-state index in [0.29, 0.717) is 48.8 Å². The van der Waals surface area contributed by atoms with Crippen LogP contribution in [0.4, 0.5) is 0 Å². The molecule has 1 amide bonds. The van der Waals surface area contributed by atoms with Crippen molar-refractivity contribution in [2.75, 3.05) is 46.5 Å². The lowest BCUT2D eigenvalue weighted by molar-refractivity contribution is -0.140. The molecule has 36 heavy (non-hydrogen) atoms. The number of phenols is 1. The molecule has 0 spiro atoms. The molecule has 2 aromatic rings. The summed E-state index contributed by atoms with van der Waals surface area (Å²) in [7, 11) is 1.43. The largest absolute Gasteiger partial charge is 0.507 e. The van der Waals surface area contributed by atoms with Gasteiger partial charge in [-0.2, -0.15) is 0 Å². The van der Waals surface area contributed by atoms with Gasteiger partial charge in [0.15, 0.2) is 23.0 Å². The van der Waals surface area contributed by atoms with Crippen LogP contribution < -0.4 is 14.2 Å². The third-order valence-corrected chi connectivity index (χ3v) is 6.64. The zero-order valence-electron chi connectivity index (χ0n) is 20.8. The number of carbonyl (C=O) groups excluding carboxylic acids is 2. The third-order valence-electron chi connectivity index (χ3n) is 6.64. The summed E-state index contributed by atoms with van der Waals surface area (Å²) in [5, 5.41) is 21.4. The summed E-state index contributed by atoms with van der Waals surface area (Å²) in [6, 6.07) is 8.72. The van der Waals surface area contributed by atoms with Crippen molar-refractivity contribution >= 4 is 17.4 Å². The number of rotatable bonds is 9. The molecular weight excluding hydrogens is 464 g/mol. The molecular formula is C27H32N2O7. The number of ketones is 1. The van der Waals surface area contributed by atoms with Crippen molar-refractivity contribution in [2.24, 2.45) is 0 Å². The fourth-order valence-corrected chi connectivity index (χ4v) is 4.67. The number of hydrogen-bond acceptors (Lipinski definition) is 8. The van der Waals surface area contributed by atoms with Gasteiger partial charge in [-0.05, 0) is 62.0 Å². The van der Waals surface area contributed by atoms with Crippen molar-refractivity contribution in [3.05, 3.63) is 53.1 Å². The smallest absolute Gasteiger partial charge is 0.295 e. The van der Waals surface area contributed by atoms with Crippen LogP contribution in [-0.2, 0) is 9.59 Å². The number of benzene rings is 2. The monoisotopic (exact) mass is 496 g/mol. The minimum atomic E-state index is -0.843. The molecule has 9 heteroatoms. The van der Waals surface area contributed by atoms with E-state index in [2.05, 4.69) is 18.7 Å². The van der Waals surface area contributed by atoms with Gasteiger partial charge in [-0.15, -0.1) is 0 Å².